The minimum absolute atomic E-state index is 0.0462. The second-order valence-electron chi connectivity index (χ2n) is 3.68. The van der Waals surface area contributed by atoms with Gasteiger partial charge in [-0.1, -0.05) is 19.4 Å². The number of anilines is 1. The van der Waals surface area contributed by atoms with Gasteiger partial charge >= 0.3 is 0 Å². The summed E-state index contributed by atoms with van der Waals surface area (Å²) in [5.41, 5.74) is 8.03. The highest BCUT2D eigenvalue weighted by Crippen LogP contribution is 2.12. The lowest BCUT2D eigenvalue weighted by Gasteiger charge is -2.06. The summed E-state index contributed by atoms with van der Waals surface area (Å²) in [6.45, 7) is 4.74. The lowest BCUT2D eigenvalue weighted by atomic mass is 10.1. The second kappa shape index (κ2) is 5.39. The Hall–Kier alpha value is -1.51. The summed E-state index contributed by atoms with van der Waals surface area (Å²) < 4.78 is 0. The van der Waals surface area contributed by atoms with E-state index in [4.69, 9.17) is 5.73 Å². The van der Waals surface area contributed by atoms with Gasteiger partial charge in [0.05, 0.1) is 0 Å². The fourth-order valence-corrected chi connectivity index (χ4v) is 1.26. The number of hydrogen-bond donors (Lipinski definition) is 2. The van der Waals surface area contributed by atoms with Crippen LogP contribution < -0.4 is 11.1 Å². The number of nitrogen functional groups attached to an aromatic ring is 1. The van der Waals surface area contributed by atoms with Crippen LogP contribution in [-0.4, -0.2) is 12.5 Å². The summed E-state index contributed by atoms with van der Waals surface area (Å²) in [5, 5.41) is 2.85. The normalized spacial score (nSPS) is 10.0. The van der Waals surface area contributed by atoms with Crippen LogP contribution in [0.2, 0.25) is 0 Å². The molecule has 82 valence electrons. The molecule has 0 bridgehead atoms. The molecule has 0 unspecified atom stereocenters. The van der Waals surface area contributed by atoms with E-state index < -0.39 is 0 Å². The molecule has 0 radical (unpaired) electrons. The maximum atomic E-state index is 11.6. The van der Waals surface area contributed by atoms with Crippen molar-refractivity contribution in [2.45, 2.75) is 26.7 Å². The molecule has 1 rings (SSSR count). The summed E-state index contributed by atoms with van der Waals surface area (Å²) >= 11 is 0. The van der Waals surface area contributed by atoms with E-state index in [1.165, 1.54) is 0 Å². The van der Waals surface area contributed by atoms with Crippen molar-refractivity contribution in [1.29, 1.82) is 0 Å². The van der Waals surface area contributed by atoms with E-state index in [9.17, 15) is 4.79 Å². The number of aryl methyl sites for hydroxylation is 1. The minimum atomic E-state index is -0.0462. The Kier molecular flexibility index (Phi) is 4.16. The molecule has 0 aliphatic heterocycles. The smallest absolute Gasteiger partial charge is 0.251 e. The van der Waals surface area contributed by atoms with Gasteiger partial charge in [-0.25, -0.2) is 0 Å². The largest absolute Gasteiger partial charge is 0.398 e. The molecule has 0 atom stereocenters. The Morgan fingerprint density at radius 3 is 2.80 bits per heavy atom. The van der Waals surface area contributed by atoms with Crippen molar-refractivity contribution in [3.63, 3.8) is 0 Å². The molecule has 0 heterocycles. The van der Waals surface area contributed by atoms with E-state index in [0.717, 1.165) is 24.9 Å². The first-order valence-corrected chi connectivity index (χ1v) is 5.29. The summed E-state index contributed by atoms with van der Waals surface area (Å²) in [5.74, 6) is -0.0462. The Morgan fingerprint density at radius 2 is 2.20 bits per heavy atom. The fourth-order valence-electron chi connectivity index (χ4n) is 1.26. The monoisotopic (exact) mass is 206 g/mol. The molecule has 1 aromatic carbocycles. The Morgan fingerprint density at radius 1 is 1.47 bits per heavy atom. The van der Waals surface area contributed by atoms with Crippen LogP contribution in [0.3, 0.4) is 0 Å². The molecule has 0 aromatic heterocycles. The number of hydrogen-bond acceptors (Lipinski definition) is 2. The van der Waals surface area contributed by atoms with Gasteiger partial charge < -0.3 is 11.1 Å². The summed E-state index contributed by atoms with van der Waals surface area (Å²) in [7, 11) is 0. The number of rotatable bonds is 4. The van der Waals surface area contributed by atoms with Crippen LogP contribution in [0.1, 0.15) is 35.7 Å². The number of carbonyl (C=O) groups excluding carboxylic acids is 1. The molecule has 3 nitrogen and oxygen atoms in total. The van der Waals surface area contributed by atoms with Crippen molar-refractivity contribution >= 4 is 11.6 Å². The Balaban J connectivity index is 2.62. The first-order valence-electron chi connectivity index (χ1n) is 5.29. The van der Waals surface area contributed by atoms with Crippen molar-refractivity contribution < 1.29 is 4.79 Å². The molecule has 0 aliphatic rings. The molecule has 15 heavy (non-hydrogen) atoms. The molecular formula is C12H18N2O. The molecule has 0 aliphatic carbocycles. The number of benzene rings is 1. The van der Waals surface area contributed by atoms with Crippen LogP contribution in [0.15, 0.2) is 18.2 Å². The SMILES string of the molecule is CCCCNC(=O)c1ccc(C)c(N)c1. The van der Waals surface area contributed by atoms with Crippen molar-refractivity contribution in [3.8, 4) is 0 Å². The molecule has 0 saturated heterocycles. The van der Waals surface area contributed by atoms with Crippen molar-refractivity contribution in [1.82, 2.24) is 5.32 Å². The average Bonchev–Trinajstić information content (AvgIpc) is 2.22. The van der Waals surface area contributed by atoms with Crippen molar-refractivity contribution in [3.05, 3.63) is 29.3 Å². The van der Waals surface area contributed by atoms with Gasteiger partial charge in [0.25, 0.3) is 5.91 Å². The first-order chi connectivity index (χ1) is 7.15. The van der Waals surface area contributed by atoms with Crippen LogP contribution in [0.25, 0.3) is 0 Å². The van der Waals surface area contributed by atoms with Crippen LogP contribution in [0, 0.1) is 6.92 Å². The quantitative estimate of drug-likeness (QED) is 0.585. The first kappa shape index (κ1) is 11.6. The number of nitrogens with two attached hydrogens (primary N) is 1. The van der Waals surface area contributed by atoms with E-state index in [-0.39, 0.29) is 5.91 Å². The molecule has 1 amide bonds. The van der Waals surface area contributed by atoms with Gasteiger partial charge in [-0.05, 0) is 31.0 Å². The minimum Gasteiger partial charge on any atom is -0.398 e. The lowest BCUT2D eigenvalue weighted by Crippen LogP contribution is -2.24. The van der Waals surface area contributed by atoms with Crippen molar-refractivity contribution in [2.24, 2.45) is 0 Å². The van der Waals surface area contributed by atoms with Crippen molar-refractivity contribution in [2.75, 3.05) is 12.3 Å². The summed E-state index contributed by atoms with van der Waals surface area (Å²) in [6, 6.07) is 5.38. The zero-order chi connectivity index (χ0) is 11.3. The predicted octanol–water partition coefficient (Wildman–Crippen LogP) is 2.11. The summed E-state index contributed by atoms with van der Waals surface area (Å²) in [6.07, 6.45) is 2.09. The fraction of sp³-hybridized carbons (Fsp3) is 0.417. The third-order valence-corrected chi connectivity index (χ3v) is 2.36. The van der Waals surface area contributed by atoms with E-state index in [1.54, 1.807) is 12.1 Å². The topological polar surface area (TPSA) is 55.1 Å². The highest BCUT2D eigenvalue weighted by Gasteiger charge is 2.05. The molecule has 3 N–H and O–H groups in total. The van der Waals surface area contributed by atoms with Gasteiger partial charge in [0.1, 0.15) is 0 Å². The number of amides is 1. The highest BCUT2D eigenvalue weighted by molar-refractivity contribution is 5.95. The standard InChI is InChI=1S/C12H18N2O/c1-3-4-7-14-12(15)10-6-5-9(2)11(13)8-10/h5-6,8H,3-4,7,13H2,1-2H3,(H,14,15). The third-order valence-electron chi connectivity index (χ3n) is 2.36. The lowest BCUT2D eigenvalue weighted by molar-refractivity contribution is 0.0953. The molecule has 1 aromatic rings. The van der Waals surface area contributed by atoms with Gasteiger partial charge in [-0.15, -0.1) is 0 Å². The van der Waals surface area contributed by atoms with E-state index in [1.807, 2.05) is 13.0 Å². The Labute approximate surface area is 90.7 Å². The van der Waals surface area contributed by atoms with Crippen LogP contribution in [0.4, 0.5) is 5.69 Å². The van der Waals surface area contributed by atoms with Gasteiger partial charge in [0, 0.05) is 17.8 Å². The number of nitrogens with one attached hydrogen (secondary N) is 1. The number of carbonyl (C=O) groups is 1. The zero-order valence-electron chi connectivity index (χ0n) is 9.34. The zero-order valence-corrected chi connectivity index (χ0v) is 9.34. The second-order valence-corrected chi connectivity index (χ2v) is 3.68. The number of unbranched alkanes of at least 4 members (excludes halogenated alkanes) is 1. The summed E-state index contributed by atoms with van der Waals surface area (Å²) in [4.78, 5) is 11.6. The molecule has 0 fully saturated rings. The van der Waals surface area contributed by atoms with Crippen LogP contribution in [0.5, 0.6) is 0 Å². The molecule has 0 spiro atoms. The van der Waals surface area contributed by atoms with E-state index in [0.29, 0.717) is 11.3 Å². The molecule has 3 heteroatoms. The maximum absolute atomic E-state index is 11.6. The van der Waals surface area contributed by atoms with Gasteiger partial charge in [0.2, 0.25) is 0 Å². The van der Waals surface area contributed by atoms with E-state index in [2.05, 4.69) is 12.2 Å². The van der Waals surface area contributed by atoms with Crippen LogP contribution >= 0.6 is 0 Å². The van der Waals surface area contributed by atoms with Gasteiger partial charge in [0.15, 0.2) is 0 Å². The molecular weight excluding hydrogens is 188 g/mol. The van der Waals surface area contributed by atoms with Gasteiger partial charge in [-0.2, -0.15) is 0 Å². The third kappa shape index (κ3) is 3.27. The Bertz CT molecular complexity index is 347. The average molecular weight is 206 g/mol. The molecule has 0 saturated carbocycles. The maximum Gasteiger partial charge on any atom is 0.251 e. The highest BCUT2D eigenvalue weighted by atomic mass is 16.1. The van der Waals surface area contributed by atoms with E-state index >= 15 is 0 Å². The van der Waals surface area contributed by atoms with Crippen LogP contribution in [-0.2, 0) is 0 Å². The predicted molar refractivity (Wildman–Crippen MR) is 62.8 cm³/mol. The van der Waals surface area contributed by atoms with Gasteiger partial charge in [-0.3, -0.25) is 4.79 Å².